The van der Waals surface area contributed by atoms with Crippen molar-refractivity contribution >= 4 is 22.8 Å². The van der Waals surface area contributed by atoms with E-state index in [0.717, 1.165) is 0 Å². The minimum atomic E-state index is -0.261. The first kappa shape index (κ1) is 6.57. The maximum absolute atomic E-state index is 10.4. The van der Waals surface area contributed by atoms with Crippen molar-refractivity contribution in [1.29, 1.82) is 0 Å². The first-order chi connectivity index (χ1) is 4.33. The Morgan fingerprint density at radius 3 is 3.11 bits per heavy atom. The molecule has 0 spiro atoms. The lowest BCUT2D eigenvalue weighted by Crippen LogP contribution is -2.20. The van der Waals surface area contributed by atoms with Gasteiger partial charge in [0.15, 0.2) is 5.17 Å². The number of nitrogens with zero attached hydrogens (tertiary/aromatic N) is 1. The largest absolute Gasteiger partial charge is 0.374 e. The van der Waals surface area contributed by atoms with Crippen LogP contribution in [0.3, 0.4) is 0 Å². The first-order valence-corrected chi connectivity index (χ1v) is 3.39. The summed E-state index contributed by atoms with van der Waals surface area (Å²) in [5.41, 5.74) is 0. The molecule has 1 heterocycles. The van der Waals surface area contributed by atoms with Gasteiger partial charge in [0.05, 0.1) is 5.75 Å². The highest BCUT2D eigenvalue weighted by Crippen LogP contribution is 2.07. The number of aliphatic hydroxyl groups is 1. The molecule has 1 rings (SSSR count). The van der Waals surface area contributed by atoms with Crippen molar-refractivity contribution in [2.45, 2.75) is 0 Å². The maximum atomic E-state index is 10.4. The van der Waals surface area contributed by atoms with E-state index in [4.69, 9.17) is 5.11 Å². The number of amides is 1. The van der Waals surface area contributed by atoms with Crippen LogP contribution >= 0.6 is 11.8 Å². The average Bonchev–Trinajstić information content (AvgIpc) is 2.17. The fourth-order valence-corrected chi connectivity index (χ4v) is 1.15. The third-order valence-corrected chi connectivity index (χ3v) is 1.71. The average molecular weight is 146 g/mol. The van der Waals surface area contributed by atoms with E-state index in [0.29, 0.717) is 10.9 Å². The molecule has 2 N–H and O–H groups in total. The zero-order chi connectivity index (χ0) is 6.69. The number of carbonyl (C=O) groups is 1. The van der Waals surface area contributed by atoms with Crippen molar-refractivity contribution in [3.05, 3.63) is 0 Å². The van der Waals surface area contributed by atoms with E-state index in [2.05, 4.69) is 10.3 Å². The van der Waals surface area contributed by atoms with Gasteiger partial charge < -0.3 is 10.4 Å². The van der Waals surface area contributed by atoms with E-state index in [1.165, 1.54) is 11.8 Å². The summed E-state index contributed by atoms with van der Waals surface area (Å²) in [5, 5.41) is 11.2. The van der Waals surface area contributed by atoms with Gasteiger partial charge in [-0.1, -0.05) is 11.8 Å². The number of rotatable bonds is 1. The predicted octanol–water partition coefficient (Wildman–Crippen LogP) is -0.845. The van der Waals surface area contributed by atoms with Crippen LogP contribution in [0.2, 0.25) is 0 Å². The highest BCUT2D eigenvalue weighted by molar-refractivity contribution is 8.15. The van der Waals surface area contributed by atoms with Gasteiger partial charge >= 0.3 is 0 Å². The number of hydrogen-bond donors (Lipinski definition) is 2. The third-order valence-electron chi connectivity index (χ3n) is 0.801. The van der Waals surface area contributed by atoms with Crippen molar-refractivity contribution in [3.63, 3.8) is 0 Å². The summed E-state index contributed by atoms with van der Waals surface area (Å²) in [6, 6.07) is 0. The van der Waals surface area contributed by atoms with Gasteiger partial charge in [-0.25, -0.2) is 4.99 Å². The second-order valence-corrected chi connectivity index (χ2v) is 2.41. The molecule has 0 unspecified atom stereocenters. The number of aliphatic imine (C=N–C) groups is 1. The van der Waals surface area contributed by atoms with Crippen LogP contribution in [0, 0.1) is 0 Å². The third kappa shape index (κ3) is 1.69. The molecular formula is C4H6N2O2S. The smallest absolute Gasteiger partial charge is 0.236 e. The van der Waals surface area contributed by atoms with Gasteiger partial charge in [0.1, 0.15) is 6.73 Å². The number of thioether (sulfide) groups is 1. The molecule has 50 valence electrons. The van der Waals surface area contributed by atoms with Crippen LogP contribution in [0.4, 0.5) is 0 Å². The molecule has 0 aromatic carbocycles. The lowest BCUT2D eigenvalue weighted by molar-refractivity contribution is -0.116. The van der Waals surface area contributed by atoms with Gasteiger partial charge in [-0.2, -0.15) is 0 Å². The van der Waals surface area contributed by atoms with Crippen LogP contribution in [0.1, 0.15) is 0 Å². The summed E-state index contributed by atoms with van der Waals surface area (Å²) in [4.78, 5) is 14.0. The van der Waals surface area contributed by atoms with Crippen LogP contribution in [0.15, 0.2) is 4.99 Å². The lowest BCUT2D eigenvalue weighted by Gasteiger charge is -1.89. The summed E-state index contributed by atoms with van der Waals surface area (Å²) < 4.78 is 0. The number of hydrogen-bond acceptors (Lipinski definition) is 4. The zero-order valence-electron chi connectivity index (χ0n) is 4.63. The van der Waals surface area contributed by atoms with Crippen molar-refractivity contribution in [3.8, 4) is 0 Å². The highest BCUT2D eigenvalue weighted by Gasteiger charge is 2.15. The molecular weight excluding hydrogens is 140 g/mol. The van der Waals surface area contributed by atoms with Crippen LogP contribution in [0.25, 0.3) is 0 Å². The molecule has 0 radical (unpaired) electrons. The van der Waals surface area contributed by atoms with Gasteiger partial charge in [-0.05, 0) is 0 Å². The van der Waals surface area contributed by atoms with Gasteiger partial charge in [0.2, 0.25) is 5.91 Å². The Bertz CT molecular complexity index is 157. The van der Waals surface area contributed by atoms with Gasteiger partial charge in [-0.15, -0.1) is 0 Å². The van der Waals surface area contributed by atoms with Crippen molar-refractivity contribution in [2.24, 2.45) is 4.99 Å². The van der Waals surface area contributed by atoms with Crippen LogP contribution < -0.4 is 5.32 Å². The van der Waals surface area contributed by atoms with Crippen molar-refractivity contribution < 1.29 is 9.90 Å². The fourth-order valence-electron chi connectivity index (χ4n) is 0.475. The van der Waals surface area contributed by atoms with Gasteiger partial charge in [0, 0.05) is 0 Å². The van der Waals surface area contributed by atoms with Crippen molar-refractivity contribution in [2.75, 3.05) is 12.5 Å². The molecule has 0 saturated carbocycles. The second-order valence-electron chi connectivity index (χ2n) is 1.44. The molecule has 1 amide bonds. The fraction of sp³-hybridized carbons (Fsp3) is 0.500. The Morgan fingerprint density at radius 1 is 1.89 bits per heavy atom. The Kier molecular flexibility index (Phi) is 2.07. The summed E-state index contributed by atoms with van der Waals surface area (Å²) in [6.07, 6.45) is 0. The van der Waals surface area contributed by atoms with Gasteiger partial charge in [0.25, 0.3) is 0 Å². The molecule has 0 bridgehead atoms. The summed E-state index contributed by atoms with van der Waals surface area (Å²) in [6.45, 7) is -0.261. The van der Waals surface area contributed by atoms with Crippen LogP contribution in [-0.4, -0.2) is 28.7 Å². The molecule has 1 saturated heterocycles. The van der Waals surface area contributed by atoms with Crippen LogP contribution in [0.5, 0.6) is 0 Å². The molecule has 0 atom stereocenters. The van der Waals surface area contributed by atoms with E-state index in [1.807, 2.05) is 0 Å². The molecule has 9 heavy (non-hydrogen) atoms. The molecule has 1 aliphatic heterocycles. The normalized spacial score (nSPS) is 22.8. The number of amidine groups is 1. The first-order valence-electron chi connectivity index (χ1n) is 2.41. The summed E-state index contributed by atoms with van der Waals surface area (Å²) in [5.74, 6) is 0.367. The Balaban J connectivity index is 2.47. The summed E-state index contributed by atoms with van der Waals surface area (Å²) in [7, 11) is 0. The van der Waals surface area contributed by atoms with Crippen LogP contribution in [-0.2, 0) is 4.79 Å². The zero-order valence-corrected chi connectivity index (χ0v) is 5.44. The molecule has 4 nitrogen and oxygen atoms in total. The Hall–Kier alpha value is -0.550. The second kappa shape index (κ2) is 2.84. The monoisotopic (exact) mass is 146 g/mol. The standard InChI is InChI=1S/C4H6N2O2S/c7-2-5-4-6-3(8)1-9-4/h7H,1-2H2,(H,5,6,8). The summed E-state index contributed by atoms with van der Waals surface area (Å²) >= 11 is 1.30. The SMILES string of the molecule is O=C1CS/C(=N/CO)N1. The van der Waals surface area contributed by atoms with E-state index in [-0.39, 0.29) is 12.6 Å². The minimum Gasteiger partial charge on any atom is -0.374 e. The molecule has 0 aromatic heterocycles. The van der Waals surface area contributed by atoms with E-state index >= 15 is 0 Å². The molecule has 0 aromatic rings. The minimum absolute atomic E-state index is 0.0489. The van der Waals surface area contributed by atoms with E-state index in [9.17, 15) is 4.79 Å². The maximum Gasteiger partial charge on any atom is 0.236 e. The molecule has 5 heteroatoms. The Morgan fingerprint density at radius 2 is 2.67 bits per heavy atom. The highest BCUT2D eigenvalue weighted by atomic mass is 32.2. The molecule has 0 aliphatic carbocycles. The lowest BCUT2D eigenvalue weighted by atomic mass is 10.7. The topological polar surface area (TPSA) is 61.7 Å². The Labute approximate surface area is 56.4 Å². The van der Waals surface area contributed by atoms with Gasteiger partial charge in [-0.3, -0.25) is 4.79 Å². The number of carbonyl (C=O) groups excluding carboxylic acids is 1. The molecule has 1 fully saturated rings. The van der Waals surface area contributed by atoms with E-state index in [1.54, 1.807) is 0 Å². The van der Waals surface area contributed by atoms with E-state index < -0.39 is 0 Å². The van der Waals surface area contributed by atoms with Crippen molar-refractivity contribution in [1.82, 2.24) is 5.32 Å². The number of aliphatic hydroxyl groups excluding tert-OH is 1. The predicted molar refractivity (Wildman–Crippen MR) is 35.1 cm³/mol. The number of nitrogens with one attached hydrogen (secondary N) is 1. The quantitative estimate of drug-likeness (QED) is 0.507. The molecule has 1 aliphatic rings.